The van der Waals surface area contributed by atoms with Crippen LogP contribution in [0.25, 0.3) is 0 Å². The molecule has 0 aliphatic carbocycles. The third-order valence-electron chi connectivity index (χ3n) is 2.98. The van der Waals surface area contributed by atoms with Gasteiger partial charge in [0.15, 0.2) is 0 Å². The van der Waals surface area contributed by atoms with Crippen LogP contribution in [0.2, 0.25) is 0 Å². The molecule has 1 N–H and O–H groups in total. The molecule has 1 atom stereocenters. The topological polar surface area (TPSA) is 41.5 Å². The summed E-state index contributed by atoms with van der Waals surface area (Å²) in [4.78, 5) is 16.7. The van der Waals surface area contributed by atoms with Crippen molar-refractivity contribution in [1.82, 2.24) is 0 Å². The standard InChI is InChI=1S/C14H17BrN2O/c1-8(2)6-13-14(18)17-12-7-10(15)4-5-11(12)9(3)16-13/h4-5,7-8,13H,6H2,1-3H3,(H,17,18). The Balaban J connectivity index is 2.39. The zero-order valence-electron chi connectivity index (χ0n) is 10.8. The van der Waals surface area contributed by atoms with Gasteiger partial charge in [0, 0.05) is 15.7 Å². The van der Waals surface area contributed by atoms with E-state index in [9.17, 15) is 4.79 Å². The van der Waals surface area contributed by atoms with Crippen LogP contribution in [0.4, 0.5) is 5.69 Å². The van der Waals surface area contributed by atoms with Crippen molar-refractivity contribution in [1.29, 1.82) is 0 Å². The van der Waals surface area contributed by atoms with E-state index in [0.29, 0.717) is 5.92 Å². The second-order valence-corrected chi connectivity index (χ2v) is 5.95. The maximum absolute atomic E-state index is 12.1. The van der Waals surface area contributed by atoms with E-state index in [2.05, 4.69) is 40.1 Å². The van der Waals surface area contributed by atoms with Crippen molar-refractivity contribution >= 4 is 33.2 Å². The molecule has 0 spiro atoms. The predicted molar refractivity (Wildman–Crippen MR) is 78.2 cm³/mol. The summed E-state index contributed by atoms with van der Waals surface area (Å²) in [6, 6.07) is 5.59. The molecule has 2 rings (SSSR count). The predicted octanol–water partition coefficient (Wildman–Crippen LogP) is 3.62. The number of halogens is 1. The van der Waals surface area contributed by atoms with Crippen molar-refractivity contribution < 1.29 is 4.79 Å². The Labute approximate surface area is 116 Å². The van der Waals surface area contributed by atoms with Crippen LogP contribution >= 0.6 is 15.9 Å². The van der Waals surface area contributed by atoms with Crippen molar-refractivity contribution in [3.8, 4) is 0 Å². The Morgan fingerprint density at radius 1 is 1.44 bits per heavy atom. The number of fused-ring (bicyclic) bond motifs is 1. The number of benzodiazepines with no additional fused rings is 1. The largest absolute Gasteiger partial charge is 0.324 e. The first kappa shape index (κ1) is 13.3. The van der Waals surface area contributed by atoms with Crippen molar-refractivity contribution in [2.75, 3.05) is 5.32 Å². The van der Waals surface area contributed by atoms with Gasteiger partial charge in [0.1, 0.15) is 6.04 Å². The number of hydrogen-bond donors (Lipinski definition) is 1. The Hall–Kier alpha value is -1.16. The lowest BCUT2D eigenvalue weighted by Crippen LogP contribution is -2.26. The van der Waals surface area contributed by atoms with E-state index in [1.165, 1.54) is 0 Å². The normalized spacial score (nSPS) is 19.1. The molecule has 0 saturated carbocycles. The Morgan fingerprint density at radius 3 is 2.83 bits per heavy atom. The molecule has 1 aromatic carbocycles. The number of aliphatic imine (C=N–C) groups is 1. The molecule has 1 aliphatic rings. The summed E-state index contributed by atoms with van der Waals surface area (Å²) in [6.45, 7) is 6.17. The molecule has 4 heteroatoms. The van der Waals surface area contributed by atoms with Crippen molar-refractivity contribution in [3.63, 3.8) is 0 Å². The average molecular weight is 309 g/mol. The van der Waals surface area contributed by atoms with E-state index in [1.54, 1.807) is 0 Å². The van der Waals surface area contributed by atoms with E-state index < -0.39 is 0 Å². The summed E-state index contributed by atoms with van der Waals surface area (Å²) in [5.74, 6) is 0.435. The van der Waals surface area contributed by atoms with E-state index in [-0.39, 0.29) is 11.9 Å². The Bertz CT molecular complexity index is 509. The third-order valence-corrected chi connectivity index (χ3v) is 3.47. The summed E-state index contributed by atoms with van der Waals surface area (Å²) >= 11 is 3.42. The van der Waals surface area contributed by atoms with Crippen LogP contribution in [-0.4, -0.2) is 17.7 Å². The quantitative estimate of drug-likeness (QED) is 0.890. The number of hydrogen-bond acceptors (Lipinski definition) is 2. The van der Waals surface area contributed by atoms with Crippen molar-refractivity contribution in [3.05, 3.63) is 28.2 Å². The number of amides is 1. The van der Waals surface area contributed by atoms with Crippen molar-refractivity contribution in [2.45, 2.75) is 33.2 Å². The van der Waals surface area contributed by atoms with E-state index in [1.807, 2.05) is 25.1 Å². The highest BCUT2D eigenvalue weighted by Crippen LogP contribution is 2.26. The van der Waals surface area contributed by atoms with E-state index >= 15 is 0 Å². The highest BCUT2D eigenvalue weighted by Gasteiger charge is 2.24. The number of rotatable bonds is 2. The zero-order chi connectivity index (χ0) is 13.3. The van der Waals surface area contributed by atoms with Crippen LogP contribution in [0.3, 0.4) is 0 Å². The van der Waals surface area contributed by atoms with Crippen LogP contribution < -0.4 is 5.32 Å². The molecule has 1 heterocycles. The maximum Gasteiger partial charge on any atom is 0.249 e. The molecule has 0 aromatic heterocycles. The lowest BCUT2D eigenvalue weighted by molar-refractivity contribution is -0.117. The monoisotopic (exact) mass is 308 g/mol. The van der Waals surface area contributed by atoms with Gasteiger partial charge in [-0.1, -0.05) is 29.8 Å². The van der Waals surface area contributed by atoms with E-state index in [0.717, 1.165) is 27.9 Å². The first-order valence-corrected chi connectivity index (χ1v) is 6.92. The fourth-order valence-corrected chi connectivity index (χ4v) is 2.48. The minimum absolute atomic E-state index is 0.0140. The molecule has 96 valence electrons. The minimum atomic E-state index is -0.281. The van der Waals surface area contributed by atoms with Gasteiger partial charge >= 0.3 is 0 Å². The smallest absolute Gasteiger partial charge is 0.249 e. The van der Waals surface area contributed by atoms with Gasteiger partial charge in [0.25, 0.3) is 0 Å². The van der Waals surface area contributed by atoms with Gasteiger partial charge in [0.2, 0.25) is 5.91 Å². The molecule has 1 aliphatic heterocycles. The molecule has 3 nitrogen and oxygen atoms in total. The molecule has 1 aromatic rings. The van der Waals surface area contributed by atoms with Crippen LogP contribution in [0, 0.1) is 5.92 Å². The van der Waals surface area contributed by atoms with Gasteiger partial charge in [-0.05, 0) is 37.5 Å². The summed E-state index contributed by atoms with van der Waals surface area (Å²) in [7, 11) is 0. The average Bonchev–Trinajstić information content (AvgIpc) is 2.36. The zero-order valence-corrected chi connectivity index (χ0v) is 12.4. The minimum Gasteiger partial charge on any atom is -0.324 e. The highest BCUT2D eigenvalue weighted by molar-refractivity contribution is 9.10. The first-order valence-electron chi connectivity index (χ1n) is 6.12. The summed E-state index contributed by atoms with van der Waals surface area (Å²) < 4.78 is 0.955. The van der Waals surface area contributed by atoms with Gasteiger partial charge in [0.05, 0.1) is 5.69 Å². The summed E-state index contributed by atoms with van der Waals surface area (Å²) in [5.41, 5.74) is 2.75. The molecule has 18 heavy (non-hydrogen) atoms. The molecule has 0 bridgehead atoms. The summed E-state index contributed by atoms with van der Waals surface area (Å²) in [6.07, 6.45) is 0.776. The maximum atomic E-state index is 12.1. The Kier molecular flexibility index (Phi) is 3.85. The molecule has 1 amide bonds. The number of carbonyl (C=O) groups is 1. The van der Waals surface area contributed by atoms with Gasteiger partial charge in [-0.2, -0.15) is 0 Å². The number of nitrogens with zero attached hydrogens (tertiary/aromatic N) is 1. The number of nitrogens with one attached hydrogen (secondary N) is 1. The van der Waals surface area contributed by atoms with Crippen LogP contribution in [0.1, 0.15) is 32.8 Å². The highest BCUT2D eigenvalue weighted by atomic mass is 79.9. The molecule has 0 fully saturated rings. The number of benzene rings is 1. The first-order chi connectivity index (χ1) is 8.47. The van der Waals surface area contributed by atoms with Crippen LogP contribution in [0.5, 0.6) is 0 Å². The number of anilines is 1. The van der Waals surface area contributed by atoms with Gasteiger partial charge in [-0.3, -0.25) is 9.79 Å². The molecular formula is C14H17BrN2O. The summed E-state index contributed by atoms with van der Waals surface area (Å²) in [5, 5.41) is 2.97. The molecule has 0 saturated heterocycles. The fourth-order valence-electron chi connectivity index (χ4n) is 2.12. The third kappa shape index (κ3) is 2.80. The Morgan fingerprint density at radius 2 is 2.17 bits per heavy atom. The molecule has 1 unspecified atom stereocenters. The van der Waals surface area contributed by atoms with E-state index in [4.69, 9.17) is 0 Å². The van der Waals surface area contributed by atoms with Gasteiger partial charge < -0.3 is 5.32 Å². The SMILES string of the molecule is CC1=NC(CC(C)C)C(=O)Nc2cc(Br)ccc21. The second-order valence-electron chi connectivity index (χ2n) is 5.04. The van der Waals surface area contributed by atoms with Crippen molar-refractivity contribution in [2.24, 2.45) is 10.9 Å². The lowest BCUT2D eigenvalue weighted by atomic mass is 10.0. The molecule has 0 radical (unpaired) electrons. The fraction of sp³-hybridized carbons (Fsp3) is 0.429. The van der Waals surface area contributed by atoms with Crippen LogP contribution in [-0.2, 0) is 4.79 Å². The lowest BCUT2D eigenvalue weighted by Gasteiger charge is -2.12. The molecular weight excluding hydrogens is 292 g/mol. The van der Waals surface area contributed by atoms with Crippen LogP contribution in [0.15, 0.2) is 27.7 Å². The number of carbonyl (C=O) groups excluding carboxylic acids is 1. The van der Waals surface area contributed by atoms with Gasteiger partial charge in [-0.25, -0.2) is 0 Å². The van der Waals surface area contributed by atoms with Gasteiger partial charge in [-0.15, -0.1) is 0 Å². The second kappa shape index (κ2) is 5.22.